The predicted octanol–water partition coefficient (Wildman–Crippen LogP) is 2.42. The minimum Gasteiger partial charge on any atom is -0.323 e. The van der Waals surface area contributed by atoms with Crippen molar-refractivity contribution in [1.82, 2.24) is 9.38 Å². The zero-order chi connectivity index (χ0) is 10.3. The molecule has 1 atom stereocenters. The average Bonchev–Trinajstić information content (AvgIpc) is 2.43. The van der Waals surface area contributed by atoms with Crippen LogP contribution < -0.4 is 5.73 Å². The topological polar surface area (TPSA) is 43.3 Å². The minimum atomic E-state index is 0.00333. The Morgan fingerprint density at radius 2 is 2.21 bits per heavy atom. The lowest BCUT2D eigenvalue weighted by Gasteiger charge is -2.09. The Kier molecular flexibility index (Phi) is 2.33. The SMILES string of the molecule is Cc1nc2cccc(C(C)N)n2c1Br. The number of imidazole rings is 1. The Bertz CT molecular complexity index is 473. The van der Waals surface area contributed by atoms with Crippen molar-refractivity contribution in [3.63, 3.8) is 0 Å². The molecule has 1 unspecified atom stereocenters. The number of pyridine rings is 1. The van der Waals surface area contributed by atoms with Crippen molar-refractivity contribution in [3.8, 4) is 0 Å². The zero-order valence-corrected chi connectivity index (χ0v) is 9.75. The predicted molar refractivity (Wildman–Crippen MR) is 60.2 cm³/mol. The molecule has 2 heterocycles. The molecule has 0 aliphatic rings. The molecule has 74 valence electrons. The van der Waals surface area contributed by atoms with E-state index < -0.39 is 0 Å². The molecule has 0 radical (unpaired) electrons. The maximum absolute atomic E-state index is 5.89. The van der Waals surface area contributed by atoms with Crippen molar-refractivity contribution >= 4 is 21.6 Å². The van der Waals surface area contributed by atoms with Crippen LogP contribution in [0.5, 0.6) is 0 Å². The van der Waals surface area contributed by atoms with E-state index in [1.54, 1.807) is 0 Å². The number of nitrogens with two attached hydrogens (primary N) is 1. The lowest BCUT2D eigenvalue weighted by atomic mass is 10.2. The molecule has 0 amide bonds. The molecule has 0 spiro atoms. The average molecular weight is 254 g/mol. The van der Waals surface area contributed by atoms with E-state index in [9.17, 15) is 0 Å². The summed E-state index contributed by atoms with van der Waals surface area (Å²) in [4.78, 5) is 4.42. The molecule has 2 aromatic rings. The monoisotopic (exact) mass is 253 g/mol. The van der Waals surface area contributed by atoms with E-state index in [2.05, 4.69) is 20.9 Å². The number of rotatable bonds is 1. The molecule has 14 heavy (non-hydrogen) atoms. The Morgan fingerprint density at radius 3 is 2.86 bits per heavy atom. The molecule has 2 N–H and O–H groups in total. The first kappa shape index (κ1) is 9.68. The highest BCUT2D eigenvalue weighted by molar-refractivity contribution is 9.10. The number of halogens is 1. The van der Waals surface area contributed by atoms with E-state index >= 15 is 0 Å². The van der Waals surface area contributed by atoms with E-state index in [1.165, 1.54) is 0 Å². The fourth-order valence-electron chi connectivity index (χ4n) is 1.55. The fourth-order valence-corrected chi connectivity index (χ4v) is 2.03. The maximum Gasteiger partial charge on any atom is 0.138 e. The number of aryl methyl sites for hydroxylation is 1. The molecule has 0 bridgehead atoms. The van der Waals surface area contributed by atoms with Crippen molar-refractivity contribution in [2.24, 2.45) is 5.73 Å². The first-order chi connectivity index (χ1) is 6.61. The highest BCUT2D eigenvalue weighted by atomic mass is 79.9. The summed E-state index contributed by atoms with van der Waals surface area (Å²) in [6.07, 6.45) is 0. The van der Waals surface area contributed by atoms with Gasteiger partial charge in [-0.1, -0.05) is 6.07 Å². The van der Waals surface area contributed by atoms with Crippen molar-refractivity contribution in [1.29, 1.82) is 0 Å². The first-order valence-electron chi connectivity index (χ1n) is 4.50. The van der Waals surface area contributed by atoms with E-state index in [0.717, 1.165) is 21.6 Å². The van der Waals surface area contributed by atoms with Crippen LogP contribution in [0.2, 0.25) is 0 Å². The van der Waals surface area contributed by atoms with Gasteiger partial charge in [-0.2, -0.15) is 0 Å². The van der Waals surface area contributed by atoms with Gasteiger partial charge in [-0.25, -0.2) is 4.98 Å². The van der Waals surface area contributed by atoms with E-state index in [-0.39, 0.29) is 6.04 Å². The lowest BCUT2D eigenvalue weighted by molar-refractivity contribution is 0.759. The number of fused-ring (bicyclic) bond motifs is 1. The van der Waals surface area contributed by atoms with Gasteiger partial charge >= 0.3 is 0 Å². The van der Waals surface area contributed by atoms with Gasteiger partial charge in [0.15, 0.2) is 0 Å². The third-order valence-electron chi connectivity index (χ3n) is 2.24. The number of hydrogen-bond acceptors (Lipinski definition) is 2. The summed E-state index contributed by atoms with van der Waals surface area (Å²) in [5, 5.41) is 0. The van der Waals surface area contributed by atoms with Gasteiger partial charge < -0.3 is 5.73 Å². The van der Waals surface area contributed by atoms with Gasteiger partial charge in [0, 0.05) is 11.7 Å². The summed E-state index contributed by atoms with van der Waals surface area (Å²) in [5.74, 6) is 0. The second kappa shape index (κ2) is 3.37. The van der Waals surface area contributed by atoms with Crippen LogP contribution in [0.15, 0.2) is 22.8 Å². The van der Waals surface area contributed by atoms with Crippen molar-refractivity contribution in [2.45, 2.75) is 19.9 Å². The van der Waals surface area contributed by atoms with Crippen LogP contribution in [0, 0.1) is 6.92 Å². The largest absolute Gasteiger partial charge is 0.323 e. The first-order valence-corrected chi connectivity index (χ1v) is 5.29. The molecular formula is C10H12BrN3. The van der Waals surface area contributed by atoms with Gasteiger partial charge in [0.1, 0.15) is 10.3 Å². The highest BCUT2D eigenvalue weighted by Crippen LogP contribution is 2.22. The number of nitrogens with zero attached hydrogens (tertiary/aromatic N) is 2. The summed E-state index contributed by atoms with van der Waals surface area (Å²) in [6, 6.07) is 5.98. The van der Waals surface area contributed by atoms with Crippen LogP contribution in [-0.2, 0) is 0 Å². The number of aromatic nitrogens is 2. The van der Waals surface area contributed by atoms with Crippen LogP contribution >= 0.6 is 15.9 Å². The molecule has 0 aromatic carbocycles. The Hall–Kier alpha value is -0.870. The fraction of sp³-hybridized carbons (Fsp3) is 0.300. The molecule has 0 aliphatic heterocycles. The summed E-state index contributed by atoms with van der Waals surface area (Å²) in [6.45, 7) is 3.94. The van der Waals surface area contributed by atoms with Crippen LogP contribution in [0.1, 0.15) is 24.4 Å². The Balaban J connectivity index is 2.84. The van der Waals surface area contributed by atoms with Gasteiger partial charge in [0.2, 0.25) is 0 Å². The molecule has 2 rings (SSSR count). The molecule has 4 heteroatoms. The highest BCUT2D eigenvalue weighted by Gasteiger charge is 2.10. The Labute approximate surface area is 91.1 Å². The summed E-state index contributed by atoms with van der Waals surface area (Å²) >= 11 is 3.51. The molecule has 3 nitrogen and oxygen atoms in total. The lowest BCUT2D eigenvalue weighted by Crippen LogP contribution is -2.10. The summed E-state index contributed by atoms with van der Waals surface area (Å²) in [7, 11) is 0. The normalized spacial score (nSPS) is 13.4. The molecule has 2 aromatic heterocycles. The van der Waals surface area contributed by atoms with Gasteiger partial charge in [0.05, 0.1) is 5.69 Å². The van der Waals surface area contributed by atoms with Crippen LogP contribution in [0.3, 0.4) is 0 Å². The maximum atomic E-state index is 5.89. The standard InChI is InChI=1S/C10H12BrN3/c1-6(12)8-4-3-5-9-13-7(2)10(11)14(8)9/h3-6H,12H2,1-2H3. The second-order valence-corrected chi connectivity index (χ2v) is 4.17. The Morgan fingerprint density at radius 1 is 1.50 bits per heavy atom. The molecule has 0 saturated heterocycles. The van der Waals surface area contributed by atoms with E-state index in [4.69, 9.17) is 5.73 Å². The molecule has 0 fully saturated rings. The third kappa shape index (κ3) is 1.35. The zero-order valence-electron chi connectivity index (χ0n) is 8.16. The van der Waals surface area contributed by atoms with Crippen molar-refractivity contribution in [2.75, 3.05) is 0 Å². The summed E-state index contributed by atoms with van der Waals surface area (Å²) < 4.78 is 3.03. The van der Waals surface area contributed by atoms with Crippen molar-refractivity contribution < 1.29 is 0 Å². The molecular weight excluding hydrogens is 242 g/mol. The van der Waals surface area contributed by atoms with Gasteiger partial charge in [0.25, 0.3) is 0 Å². The summed E-state index contributed by atoms with van der Waals surface area (Å²) in [5.41, 5.74) is 8.87. The number of hydrogen-bond donors (Lipinski definition) is 1. The van der Waals surface area contributed by atoms with Crippen LogP contribution in [0.4, 0.5) is 0 Å². The molecule has 0 saturated carbocycles. The second-order valence-electron chi connectivity index (χ2n) is 3.42. The van der Waals surface area contributed by atoms with Crippen LogP contribution in [0.25, 0.3) is 5.65 Å². The quantitative estimate of drug-likeness (QED) is 0.849. The van der Waals surface area contributed by atoms with Gasteiger partial charge in [-0.15, -0.1) is 0 Å². The van der Waals surface area contributed by atoms with Crippen molar-refractivity contribution in [3.05, 3.63) is 34.2 Å². The van der Waals surface area contributed by atoms with Gasteiger partial charge in [-0.05, 0) is 41.9 Å². The minimum absolute atomic E-state index is 0.00333. The van der Waals surface area contributed by atoms with Gasteiger partial charge in [-0.3, -0.25) is 4.40 Å². The van der Waals surface area contributed by atoms with E-state index in [0.29, 0.717) is 0 Å². The third-order valence-corrected chi connectivity index (χ3v) is 3.17. The van der Waals surface area contributed by atoms with E-state index in [1.807, 2.05) is 36.4 Å². The smallest absolute Gasteiger partial charge is 0.138 e. The molecule has 0 aliphatic carbocycles. The van der Waals surface area contributed by atoms with Crippen LogP contribution in [-0.4, -0.2) is 9.38 Å².